The first kappa shape index (κ1) is 6.48. The summed E-state index contributed by atoms with van der Waals surface area (Å²) < 4.78 is 0. The van der Waals surface area contributed by atoms with Crippen LogP contribution < -0.4 is 5.73 Å². The quantitative estimate of drug-likeness (QED) is 0.486. The summed E-state index contributed by atoms with van der Waals surface area (Å²) in [5, 5.41) is 0. The van der Waals surface area contributed by atoms with E-state index >= 15 is 0 Å². The van der Waals surface area contributed by atoms with Gasteiger partial charge in [0.2, 0.25) is 0 Å². The minimum absolute atomic E-state index is 0.135. The fourth-order valence-electron chi connectivity index (χ4n) is 0.248. The molecule has 1 nitrogen and oxygen atoms in total. The van der Waals surface area contributed by atoms with Crippen LogP contribution in [0.5, 0.6) is 0 Å². The second-order valence-corrected chi connectivity index (χ2v) is 1.48. The molecule has 0 heterocycles. The van der Waals surface area contributed by atoms with Crippen LogP contribution in [0.4, 0.5) is 0 Å². The molecule has 2 N–H and O–H groups in total. The van der Waals surface area contributed by atoms with Gasteiger partial charge in [0, 0.05) is 6.04 Å². The maximum absolute atomic E-state index is 5.34. The van der Waals surface area contributed by atoms with E-state index in [2.05, 4.69) is 5.73 Å². The van der Waals surface area contributed by atoms with Crippen LogP contribution in [0.25, 0.3) is 0 Å². The molecule has 1 atom stereocenters. The molecule has 0 aliphatic rings. The molecule has 0 saturated carbocycles. The summed E-state index contributed by atoms with van der Waals surface area (Å²) in [6, 6.07) is 0.135. The van der Waals surface area contributed by atoms with Gasteiger partial charge in [-0.2, -0.15) is 0 Å². The average Bonchev–Trinajstić information content (AvgIpc) is 1.61. The zero-order chi connectivity index (χ0) is 5.70. The molecule has 0 rings (SSSR count). The van der Waals surface area contributed by atoms with Gasteiger partial charge in [0.15, 0.2) is 0 Å². The van der Waals surface area contributed by atoms with Crippen molar-refractivity contribution < 1.29 is 0 Å². The van der Waals surface area contributed by atoms with Crippen molar-refractivity contribution in [1.29, 1.82) is 0 Å². The smallest absolute Gasteiger partial charge is 0.0270 e. The average molecular weight is 97.2 g/mol. The number of rotatable bonds is 1. The lowest BCUT2D eigenvalue weighted by Gasteiger charge is -1.86. The third-order valence-corrected chi connectivity index (χ3v) is 0.526. The highest BCUT2D eigenvalue weighted by Gasteiger charge is 1.76. The fourth-order valence-corrected chi connectivity index (χ4v) is 0.248. The van der Waals surface area contributed by atoms with Gasteiger partial charge in [0.1, 0.15) is 0 Å². The Balaban J connectivity index is 3.46. The number of hydrogen-bond donors (Lipinski definition) is 1. The van der Waals surface area contributed by atoms with Gasteiger partial charge in [-0.1, -0.05) is 0 Å². The molecule has 1 heteroatoms. The molecule has 1 unspecified atom stereocenters. The van der Waals surface area contributed by atoms with E-state index < -0.39 is 0 Å². The molecule has 0 fully saturated rings. The molecule has 40 valence electrons. The predicted molar refractivity (Wildman–Crippen MR) is 32.0 cm³/mol. The molecule has 0 spiro atoms. The van der Waals surface area contributed by atoms with Crippen LogP contribution in [-0.4, -0.2) is 6.04 Å². The van der Waals surface area contributed by atoms with Gasteiger partial charge in [-0.25, -0.2) is 0 Å². The van der Waals surface area contributed by atoms with Crippen molar-refractivity contribution in [2.24, 2.45) is 5.73 Å². The lowest BCUT2D eigenvalue weighted by atomic mass is 10.3. The third kappa shape index (κ3) is 5.48. The molecule has 0 radical (unpaired) electrons. The number of nitrogens with two attached hydrogens (primary N) is 1. The van der Waals surface area contributed by atoms with Crippen LogP contribution in [0, 0.1) is 0 Å². The monoisotopic (exact) mass is 97.1 g/mol. The summed E-state index contributed by atoms with van der Waals surface area (Å²) in [7, 11) is 0. The molecule has 0 aliphatic heterocycles. The highest BCUT2D eigenvalue weighted by atomic mass is 14.6. The zero-order valence-corrected chi connectivity index (χ0v) is 4.81. The molecule has 0 aromatic rings. The van der Waals surface area contributed by atoms with Crippen LogP contribution in [0.15, 0.2) is 17.9 Å². The van der Waals surface area contributed by atoms with Gasteiger partial charge < -0.3 is 5.73 Å². The normalized spacial score (nSPS) is 11.9. The Hall–Kier alpha value is -0.520. The maximum atomic E-state index is 5.34. The van der Waals surface area contributed by atoms with Crippen LogP contribution >= 0.6 is 0 Å². The van der Waals surface area contributed by atoms with Crippen LogP contribution in [0.1, 0.15) is 13.8 Å². The molecular formula is C6H11N. The van der Waals surface area contributed by atoms with Crippen LogP contribution in [-0.2, 0) is 0 Å². The zero-order valence-electron chi connectivity index (χ0n) is 4.81. The summed E-state index contributed by atoms with van der Waals surface area (Å²) in [4.78, 5) is 0. The van der Waals surface area contributed by atoms with Crippen molar-refractivity contribution in [3.8, 4) is 0 Å². The Bertz CT molecular complexity index is 86.4. The minimum Gasteiger partial charge on any atom is -0.324 e. The SMILES string of the molecule is CC=C=CC(C)N. The van der Waals surface area contributed by atoms with E-state index in [4.69, 9.17) is 5.73 Å². The van der Waals surface area contributed by atoms with E-state index in [1.54, 1.807) is 0 Å². The van der Waals surface area contributed by atoms with E-state index in [0.29, 0.717) is 0 Å². The van der Waals surface area contributed by atoms with Gasteiger partial charge in [-0.15, -0.1) is 5.73 Å². The maximum Gasteiger partial charge on any atom is 0.0270 e. The molecule has 0 amide bonds. The second-order valence-electron chi connectivity index (χ2n) is 1.48. The number of hydrogen-bond acceptors (Lipinski definition) is 1. The molecule has 0 saturated heterocycles. The highest BCUT2D eigenvalue weighted by molar-refractivity contribution is 4.87. The van der Waals surface area contributed by atoms with Gasteiger partial charge >= 0.3 is 0 Å². The molecular weight excluding hydrogens is 86.1 g/mol. The van der Waals surface area contributed by atoms with Crippen LogP contribution in [0.3, 0.4) is 0 Å². The Labute approximate surface area is 44.5 Å². The summed E-state index contributed by atoms with van der Waals surface area (Å²) in [5.41, 5.74) is 8.21. The topological polar surface area (TPSA) is 26.0 Å². The standard InChI is InChI=1S/C6H11N/c1-3-4-5-6(2)7/h3,5-6H,7H2,1-2H3. The second kappa shape index (κ2) is 3.66. The van der Waals surface area contributed by atoms with Gasteiger partial charge in [-0.05, 0) is 26.0 Å². The van der Waals surface area contributed by atoms with E-state index in [-0.39, 0.29) is 6.04 Å². The minimum atomic E-state index is 0.135. The predicted octanol–water partition coefficient (Wildman–Crippen LogP) is 1.06. The van der Waals surface area contributed by atoms with E-state index in [1.807, 2.05) is 26.0 Å². The van der Waals surface area contributed by atoms with E-state index in [1.165, 1.54) is 0 Å². The van der Waals surface area contributed by atoms with Crippen molar-refractivity contribution >= 4 is 0 Å². The highest BCUT2D eigenvalue weighted by Crippen LogP contribution is 1.72. The molecule has 0 aromatic heterocycles. The van der Waals surface area contributed by atoms with Crippen molar-refractivity contribution in [3.63, 3.8) is 0 Å². The largest absolute Gasteiger partial charge is 0.324 e. The summed E-state index contributed by atoms with van der Waals surface area (Å²) in [5.74, 6) is 0. The van der Waals surface area contributed by atoms with Gasteiger partial charge in [-0.3, -0.25) is 0 Å². The Morgan fingerprint density at radius 3 is 2.43 bits per heavy atom. The Morgan fingerprint density at radius 2 is 2.29 bits per heavy atom. The molecule has 7 heavy (non-hydrogen) atoms. The van der Waals surface area contributed by atoms with Crippen molar-refractivity contribution in [2.45, 2.75) is 19.9 Å². The first-order chi connectivity index (χ1) is 3.27. The van der Waals surface area contributed by atoms with E-state index in [9.17, 15) is 0 Å². The van der Waals surface area contributed by atoms with Crippen LogP contribution in [0.2, 0.25) is 0 Å². The summed E-state index contributed by atoms with van der Waals surface area (Å²) in [6.45, 7) is 3.83. The first-order valence-corrected chi connectivity index (χ1v) is 2.40. The fraction of sp³-hybridized carbons (Fsp3) is 0.500. The molecule has 0 aliphatic carbocycles. The first-order valence-electron chi connectivity index (χ1n) is 2.40. The van der Waals surface area contributed by atoms with Crippen molar-refractivity contribution in [3.05, 3.63) is 17.9 Å². The summed E-state index contributed by atoms with van der Waals surface area (Å²) in [6.07, 6.45) is 3.66. The Morgan fingerprint density at radius 1 is 1.71 bits per heavy atom. The Kier molecular flexibility index (Phi) is 3.39. The lowest BCUT2D eigenvalue weighted by Crippen LogP contribution is -2.09. The van der Waals surface area contributed by atoms with Gasteiger partial charge in [0.25, 0.3) is 0 Å². The summed E-state index contributed by atoms with van der Waals surface area (Å²) >= 11 is 0. The van der Waals surface area contributed by atoms with Crippen molar-refractivity contribution in [2.75, 3.05) is 0 Å². The van der Waals surface area contributed by atoms with Gasteiger partial charge in [0.05, 0.1) is 0 Å². The molecule has 0 bridgehead atoms. The third-order valence-electron chi connectivity index (χ3n) is 0.526. The van der Waals surface area contributed by atoms with Crippen molar-refractivity contribution in [1.82, 2.24) is 0 Å². The van der Waals surface area contributed by atoms with E-state index in [0.717, 1.165) is 0 Å². The molecule has 0 aromatic carbocycles. The lowest BCUT2D eigenvalue weighted by molar-refractivity contribution is 0.927.